The molecule has 0 bridgehead atoms. The molecule has 4 nitrogen and oxygen atoms in total. The Morgan fingerprint density at radius 1 is 1.00 bits per heavy atom. The van der Waals surface area contributed by atoms with Crippen LogP contribution in [0.1, 0.15) is 47.0 Å². The summed E-state index contributed by atoms with van der Waals surface area (Å²) in [6.45, 7) is 7.58. The van der Waals surface area contributed by atoms with Gasteiger partial charge in [-0.2, -0.15) is 0 Å². The Labute approximate surface area is 184 Å². The molecule has 1 saturated carbocycles. The molecule has 0 saturated heterocycles. The van der Waals surface area contributed by atoms with Crippen LogP contribution in [0.4, 0.5) is 0 Å². The van der Waals surface area contributed by atoms with Gasteiger partial charge in [0.05, 0.1) is 0 Å². The maximum absolute atomic E-state index is 12.9. The van der Waals surface area contributed by atoms with Crippen molar-refractivity contribution in [2.24, 2.45) is 41.4 Å². The second-order valence-electron chi connectivity index (χ2n) is 9.19. The normalized spacial score (nSPS) is 40.4. The van der Waals surface area contributed by atoms with Crippen LogP contribution in [-0.4, -0.2) is 23.0 Å². The Balaban J connectivity index is 2.10. The van der Waals surface area contributed by atoms with Gasteiger partial charge >= 0.3 is 5.97 Å². The lowest BCUT2D eigenvalue weighted by atomic mass is 9.58. The highest BCUT2D eigenvalue weighted by Gasteiger charge is 2.45. The molecular formula is C25H33ClO4. The van der Waals surface area contributed by atoms with Gasteiger partial charge in [-0.05, 0) is 55.9 Å². The van der Waals surface area contributed by atoms with Crippen LogP contribution in [-0.2, 0) is 14.3 Å². The van der Waals surface area contributed by atoms with Gasteiger partial charge in [0, 0.05) is 5.92 Å². The summed E-state index contributed by atoms with van der Waals surface area (Å²) in [6, 6.07) is 0. The lowest BCUT2D eigenvalue weighted by molar-refractivity contribution is -0.152. The van der Waals surface area contributed by atoms with Crippen molar-refractivity contribution in [2.75, 3.05) is 0 Å². The first kappa shape index (κ1) is 22.9. The number of ether oxygens (including phenoxy) is 1. The minimum Gasteiger partial charge on any atom is -0.510 e. The SMILES string of the molecule is CC1C=CC=CC(C)C2C=CC3CCCC(C)C3C2C(O)=C(Cl)C(=O)C(C)C(=O)O1. The number of halogens is 1. The van der Waals surface area contributed by atoms with E-state index in [0.29, 0.717) is 11.8 Å². The molecule has 8 unspecified atom stereocenters. The van der Waals surface area contributed by atoms with Crippen molar-refractivity contribution in [1.29, 1.82) is 0 Å². The maximum Gasteiger partial charge on any atom is 0.317 e. The number of hydrogen-bond donors (Lipinski definition) is 1. The van der Waals surface area contributed by atoms with Crippen molar-refractivity contribution in [3.8, 4) is 0 Å². The number of fused-ring (bicyclic) bond motifs is 3. The number of hydrogen-bond acceptors (Lipinski definition) is 4. The smallest absolute Gasteiger partial charge is 0.317 e. The largest absolute Gasteiger partial charge is 0.510 e. The van der Waals surface area contributed by atoms with Gasteiger partial charge < -0.3 is 9.84 Å². The quantitative estimate of drug-likeness (QED) is 0.301. The topological polar surface area (TPSA) is 63.6 Å². The van der Waals surface area contributed by atoms with Gasteiger partial charge in [-0.1, -0.05) is 68.7 Å². The first-order valence-electron chi connectivity index (χ1n) is 11.1. The number of Topliss-reactive ketones (excluding diaryl/α,β-unsaturated/α-hetero) is 1. The Bertz CT molecular complexity index is 793. The van der Waals surface area contributed by atoms with Crippen LogP contribution in [0.3, 0.4) is 0 Å². The highest BCUT2D eigenvalue weighted by atomic mass is 35.5. The number of carbonyl (C=O) groups is 2. The van der Waals surface area contributed by atoms with Crippen LogP contribution < -0.4 is 0 Å². The fourth-order valence-electron chi connectivity index (χ4n) is 5.32. The van der Waals surface area contributed by atoms with E-state index in [1.807, 2.05) is 12.2 Å². The van der Waals surface area contributed by atoms with E-state index in [0.717, 1.165) is 12.8 Å². The zero-order valence-corrected chi connectivity index (χ0v) is 19.0. The summed E-state index contributed by atoms with van der Waals surface area (Å²) in [5.74, 6) is -1.42. The molecule has 0 aromatic carbocycles. The van der Waals surface area contributed by atoms with E-state index in [4.69, 9.17) is 16.3 Å². The molecule has 0 aromatic rings. The molecule has 8 atom stereocenters. The first-order valence-corrected chi connectivity index (χ1v) is 11.5. The number of ketones is 1. The summed E-state index contributed by atoms with van der Waals surface area (Å²) in [4.78, 5) is 25.3. The van der Waals surface area contributed by atoms with Gasteiger partial charge in [-0.15, -0.1) is 0 Å². The third-order valence-electron chi connectivity index (χ3n) is 7.08. The van der Waals surface area contributed by atoms with Crippen molar-refractivity contribution in [2.45, 2.75) is 53.1 Å². The van der Waals surface area contributed by atoms with Crippen molar-refractivity contribution in [1.82, 2.24) is 0 Å². The molecule has 1 heterocycles. The van der Waals surface area contributed by atoms with Crippen LogP contribution in [0.2, 0.25) is 0 Å². The lowest BCUT2D eigenvalue weighted by Crippen LogP contribution is -2.41. The molecule has 0 amide bonds. The van der Waals surface area contributed by atoms with Gasteiger partial charge in [-0.3, -0.25) is 9.59 Å². The van der Waals surface area contributed by atoms with E-state index >= 15 is 0 Å². The number of allylic oxidation sites excluding steroid dienone is 7. The predicted molar refractivity (Wildman–Crippen MR) is 119 cm³/mol. The minimum absolute atomic E-state index is 0.0284. The monoisotopic (exact) mass is 432 g/mol. The summed E-state index contributed by atoms with van der Waals surface area (Å²) >= 11 is 6.45. The van der Waals surface area contributed by atoms with E-state index < -0.39 is 23.8 Å². The highest BCUT2D eigenvalue weighted by molar-refractivity contribution is 6.44. The third-order valence-corrected chi connectivity index (χ3v) is 7.46. The van der Waals surface area contributed by atoms with E-state index in [1.54, 1.807) is 13.0 Å². The van der Waals surface area contributed by atoms with Crippen LogP contribution >= 0.6 is 11.6 Å². The van der Waals surface area contributed by atoms with E-state index in [1.165, 1.54) is 13.3 Å². The molecule has 2 aliphatic carbocycles. The molecule has 0 aromatic heterocycles. The van der Waals surface area contributed by atoms with Gasteiger partial charge in [-0.25, -0.2) is 0 Å². The summed E-state index contributed by atoms with van der Waals surface area (Å²) in [6.07, 6.45) is 15.1. The summed E-state index contributed by atoms with van der Waals surface area (Å²) < 4.78 is 5.34. The average molecular weight is 433 g/mol. The number of aliphatic hydroxyl groups is 1. The lowest BCUT2D eigenvalue weighted by Gasteiger charge is -2.46. The zero-order chi connectivity index (χ0) is 22.0. The Morgan fingerprint density at radius 3 is 2.43 bits per heavy atom. The van der Waals surface area contributed by atoms with Gasteiger partial charge in [0.2, 0.25) is 0 Å². The molecule has 1 aliphatic heterocycles. The summed E-state index contributed by atoms with van der Waals surface area (Å²) in [5.41, 5.74) is 0. The van der Waals surface area contributed by atoms with Crippen molar-refractivity contribution in [3.05, 3.63) is 47.2 Å². The molecule has 3 aliphatic rings. The van der Waals surface area contributed by atoms with Crippen LogP contribution in [0, 0.1) is 41.4 Å². The molecule has 1 N–H and O–H groups in total. The summed E-state index contributed by atoms with van der Waals surface area (Å²) in [7, 11) is 0. The maximum atomic E-state index is 12.9. The van der Waals surface area contributed by atoms with Crippen LogP contribution in [0.5, 0.6) is 0 Å². The number of rotatable bonds is 0. The average Bonchev–Trinajstić information content (AvgIpc) is 2.73. The van der Waals surface area contributed by atoms with Crippen LogP contribution in [0.15, 0.2) is 47.2 Å². The van der Waals surface area contributed by atoms with E-state index in [-0.39, 0.29) is 34.5 Å². The zero-order valence-electron chi connectivity index (χ0n) is 18.3. The first-order chi connectivity index (χ1) is 14.2. The van der Waals surface area contributed by atoms with Crippen molar-refractivity contribution in [3.63, 3.8) is 0 Å². The molecular weight excluding hydrogens is 400 g/mol. The van der Waals surface area contributed by atoms with E-state index in [9.17, 15) is 14.7 Å². The molecule has 30 heavy (non-hydrogen) atoms. The Hall–Kier alpha value is -1.81. The van der Waals surface area contributed by atoms with E-state index in [2.05, 4.69) is 32.1 Å². The van der Waals surface area contributed by atoms with Gasteiger partial charge in [0.1, 0.15) is 22.8 Å². The Morgan fingerprint density at radius 2 is 1.70 bits per heavy atom. The summed E-state index contributed by atoms with van der Waals surface area (Å²) in [5, 5.41) is 11.1. The second-order valence-corrected chi connectivity index (χ2v) is 9.57. The predicted octanol–water partition coefficient (Wildman–Crippen LogP) is 5.75. The molecule has 0 radical (unpaired) electrons. The molecule has 1 fully saturated rings. The van der Waals surface area contributed by atoms with Crippen LogP contribution in [0.25, 0.3) is 0 Å². The second kappa shape index (κ2) is 9.55. The number of carbonyl (C=O) groups excluding carboxylic acids is 2. The van der Waals surface area contributed by atoms with Gasteiger partial charge in [0.25, 0.3) is 0 Å². The number of aliphatic hydroxyl groups excluding tert-OH is 1. The molecule has 0 spiro atoms. The third kappa shape index (κ3) is 4.59. The standard InChI is InChI=1S/C25H33ClO4/c1-14-8-5-6-10-16(3)30-25(29)17(4)23(27)22(26)24(28)21-19(14)13-12-18-11-7-9-15(2)20(18)21/h5-6,8,10,12-21,28H,7,9,11H2,1-4H3. The van der Waals surface area contributed by atoms with Crippen molar-refractivity contribution < 1.29 is 19.4 Å². The fourth-order valence-corrected chi connectivity index (χ4v) is 5.61. The molecule has 3 rings (SSSR count). The fraction of sp³-hybridized carbons (Fsp3) is 0.600. The van der Waals surface area contributed by atoms with Crippen molar-refractivity contribution >= 4 is 23.4 Å². The molecule has 5 heteroatoms. The van der Waals surface area contributed by atoms with Gasteiger partial charge in [0.15, 0.2) is 5.78 Å². The molecule has 164 valence electrons. The Kier molecular flexibility index (Phi) is 7.28. The number of cyclic esters (lactones) is 1. The minimum atomic E-state index is -1.07. The number of esters is 1. The highest BCUT2D eigenvalue weighted by Crippen LogP contribution is 2.50.